The molecule has 0 spiro atoms. The number of amides is 3. The molecule has 1 unspecified atom stereocenters. The van der Waals surface area contributed by atoms with Gasteiger partial charge in [-0.1, -0.05) is 29.8 Å². The highest BCUT2D eigenvalue weighted by atomic mass is 35.5. The average molecular weight is 475 g/mol. The highest BCUT2D eigenvalue weighted by molar-refractivity contribution is 7.80. The van der Waals surface area contributed by atoms with Crippen molar-refractivity contribution in [2.75, 3.05) is 9.91 Å². The quantitative estimate of drug-likeness (QED) is 0.419. The van der Waals surface area contributed by atoms with Gasteiger partial charge in [0.2, 0.25) is 0 Å². The van der Waals surface area contributed by atoms with Crippen LogP contribution >= 0.6 is 36.2 Å². The van der Waals surface area contributed by atoms with Crippen molar-refractivity contribution in [1.29, 1.82) is 0 Å². The van der Waals surface area contributed by atoms with Crippen LogP contribution in [0.1, 0.15) is 6.92 Å². The summed E-state index contributed by atoms with van der Waals surface area (Å²) in [6.07, 6.45) is 1.34. The number of nitrogens with zero attached hydrogens (tertiary/aromatic N) is 3. The van der Waals surface area contributed by atoms with Crippen molar-refractivity contribution in [3.8, 4) is 0 Å². The normalized spacial score (nSPS) is 20.0. The van der Waals surface area contributed by atoms with Gasteiger partial charge in [-0.05, 0) is 61.6 Å². The van der Waals surface area contributed by atoms with Gasteiger partial charge >= 0.3 is 0 Å². The number of thiocarbonyl (C=S) groups is 1. The molecular weight excluding hydrogens is 459 g/mol. The Morgan fingerprint density at radius 1 is 1.03 bits per heavy atom. The van der Waals surface area contributed by atoms with E-state index in [4.69, 9.17) is 23.8 Å². The van der Waals surface area contributed by atoms with E-state index in [1.807, 2.05) is 6.07 Å². The predicted octanol–water partition coefficient (Wildman–Crippen LogP) is 3.47. The second kappa shape index (κ2) is 8.97. The largest absolute Gasteiger partial charge is 0.298 e. The number of hydrogen-bond donors (Lipinski definition) is 1. The van der Waals surface area contributed by atoms with Crippen LogP contribution in [-0.2, 0) is 14.4 Å². The summed E-state index contributed by atoms with van der Waals surface area (Å²) in [6.45, 7) is 1.68. The number of carbonyl (C=O) groups excluding carboxylic acids is 3. The summed E-state index contributed by atoms with van der Waals surface area (Å²) < 4.78 is 0. The van der Waals surface area contributed by atoms with Gasteiger partial charge in [0.05, 0.1) is 23.0 Å². The molecule has 2 aromatic rings. The van der Waals surface area contributed by atoms with Gasteiger partial charge in [-0.25, -0.2) is 0 Å². The van der Waals surface area contributed by atoms with Crippen LogP contribution in [0.15, 0.2) is 71.3 Å². The summed E-state index contributed by atoms with van der Waals surface area (Å²) in [4.78, 5) is 39.7. The number of halogens is 2. The Hall–Kier alpha value is -3.07. The van der Waals surface area contributed by atoms with E-state index in [2.05, 4.69) is 10.4 Å². The molecule has 0 bridgehead atoms. The smallest absolute Gasteiger partial charge is 0.269 e. The molecule has 31 heavy (non-hydrogen) atoms. The first-order valence-corrected chi connectivity index (χ1v) is 9.76. The zero-order valence-corrected chi connectivity index (χ0v) is 18.5. The van der Waals surface area contributed by atoms with Crippen LogP contribution in [0.25, 0.3) is 0 Å². The predicted molar refractivity (Wildman–Crippen MR) is 126 cm³/mol. The molecule has 2 heterocycles. The second-order valence-corrected chi connectivity index (χ2v) is 7.48. The van der Waals surface area contributed by atoms with Crippen molar-refractivity contribution in [2.45, 2.75) is 6.92 Å². The van der Waals surface area contributed by atoms with Gasteiger partial charge in [0.15, 0.2) is 5.11 Å². The Kier molecular flexibility index (Phi) is 6.54. The standard InChI is InChI=1S/C21H15ClN4O3S.ClH/c1-12-16(20(29)26(24-12)15-5-3-2-4-6-15)11-17-18(27)23-21(30)25(19(17)28)14-9-7-13(22)8-10-14;/h2-11,16H,1H3,(H,23,27,30);1H. The molecule has 4 rings (SSSR count). The third-order valence-electron chi connectivity index (χ3n) is 4.70. The number of rotatable bonds is 3. The number of carbonyl (C=O) groups is 3. The third kappa shape index (κ3) is 4.23. The zero-order valence-electron chi connectivity index (χ0n) is 16.1. The van der Waals surface area contributed by atoms with Gasteiger partial charge in [0.1, 0.15) is 5.57 Å². The van der Waals surface area contributed by atoms with Crippen molar-refractivity contribution in [3.05, 3.63) is 71.3 Å². The van der Waals surface area contributed by atoms with E-state index >= 15 is 0 Å². The maximum Gasteiger partial charge on any atom is 0.269 e. The monoisotopic (exact) mass is 474 g/mol. The van der Waals surface area contributed by atoms with E-state index in [9.17, 15) is 14.4 Å². The summed E-state index contributed by atoms with van der Waals surface area (Å²) in [6, 6.07) is 15.4. The highest BCUT2D eigenvalue weighted by Crippen LogP contribution is 2.27. The van der Waals surface area contributed by atoms with E-state index in [1.165, 1.54) is 16.0 Å². The van der Waals surface area contributed by atoms with E-state index in [0.29, 0.717) is 22.1 Å². The first-order valence-electron chi connectivity index (χ1n) is 8.98. The van der Waals surface area contributed by atoms with Crippen LogP contribution in [0, 0.1) is 5.92 Å². The first-order chi connectivity index (χ1) is 14.4. The van der Waals surface area contributed by atoms with Gasteiger partial charge < -0.3 is 0 Å². The molecule has 10 heteroatoms. The molecule has 2 aliphatic rings. The summed E-state index contributed by atoms with van der Waals surface area (Å²) >= 11 is 11.1. The molecule has 158 valence electrons. The number of hydrogen-bond acceptors (Lipinski definition) is 5. The molecule has 1 saturated heterocycles. The average Bonchev–Trinajstić information content (AvgIpc) is 3.01. The lowest BCUT2D eigenvalue weighted by atomic mass is 9.98. The van der Waals surface area contributed by atoms with Crippen LogP contribution in [0.4, 0.5) is 11.4 Å². The lowest BCUT2D eigenvalue weighted by Crippen LogP contribution is -2.54. The van der Waals surface area contributed by atoms with Gasteiger partial charge in [0.25, 0.3) is 17.7 Å². The molecule has 0 saturated carbocycles. The Morgan fingerprint density at radius 3 is 2.32 bits per heavy atom. The minimum atomic E-state index is -0.839. The van der Waals surface area contributed by atoms with Crippen LogP contribution in [-0.4, -0.2) is 28.5 Å². The summed E-state index contributed by atoms with van der Waals surface area (Å²) in [5.41, 5.74) is 1.35. The van der Waals surface area contributed by atoms with Crippen molar-refractivity contribution in [3.63, 3.8) is 0 Å². The van der Waals surface area contributed by atoms with Crippen LogP contribution in [0.2, 0.25) is 5.02 Å². The number of para-hydroxylation sites is 1. The molecule has 2 aliphatic heterocycles. The maximum absolute atomic E-state index is 13.1. The molecule has 0 radical (unpaired) electrons. The molecule has 1 atom stereocenters. The van der Waals surface area contributed by atoms with Gasteiger partial charge in [-0.3, -0.25) is 24.6 Å². The topological polar surface area (TPSA) is 82.1 Å². The van der Waals surface area contributed by atoms with Gasteiger partial charge in [-0.15, -0.1) is 12.4 Å². The second-order valence-electron chi connectivity index (χ2n) is 6.66. The fourth-order valence-corrected chi connectivity index (χ4v) is 3.60. The first kappa shape index (κ1) is 22.6. The number of nitrogens with one attached hydrogen (secondary N) is 1. The molecule has 1 N–H and O–H groups in total. The molecule has 0 aromatic heterocycles. The molecule has 7 nitrogen and oxygen atoms in total. The Bertz CT molecular complexity index is 1130. The number of hydrazone groups is 1. The number of anilines is 2. The zero-order chi connectivity index (χ0) is 21.4. The fourth-order valence-electron chi connectivity index (χ4n) is 3.19. The van der Waals surface area contributed by atoms with E-state index in [0.717, 1.165) is 0 Å². The summed E-state index contributed by atoms with van der Waals surface area (Å²) in [5.74, 6) is -2.47. The number of benzene rings is 2. The van der Waals surface area contributed by atoms with E-state index < -0.39 is 17.7 Å². The summed E-state index contributed by atoms with van der Waals surface area (Å²) in [7, 11) is 0. The molecular formula is C21H16Cl2N4O3S. The van der Waals surface area contributed by atoms with Crippen LogP contribution in [0.3, 0.4) is 0 Å². The Balaban J connectivity index is 0.00000272. The lowest BCUT2D eigenvalue weighted by molar-refractivity contribution is -0.122. The fraction of sp³-hybridized carbons (Fsp3) is 0.0952. The van der Waals surface area contributed by atoms with E-state index in [-0.39, 0.29) is 29.0 Å². The minimum Gasteiger partial charge on any atom is -0.298 e. The Labute approximate surface area is 194 Å². The maximum atomic E-state index is 13.1. The SMILES string of the molecule is CC1=NN(c2ccccc2)C(=O)C1C=C1C(=O)NC(=S)N(c2ccc(Cl)cc2)C1=O.Cl. The van der Waals surface area contributed by atoms with Crippen molar-refractivity contribution in [1.82, 2.24) is 5.32 Å². The highest BCUT2D eigenvalue weighted by Gasteiger charge is 2.39. The van der Waals surface area contributed by atoms with E-state index in [1.54, 1.807) is 55.5 Å². The third-order valence-corrected chi connectivity index (χ3v) is 5.24. The Morgan fingerprint density at radius 2 is 1.68 bits per heavy atom. The summed E-state index contributed by atoms with van der Waals surface area (Å²) in [5, 5.41) is 8.52. The molecule has 3 amide bonds. The molecule has 2 aromatic carbocycles. The van der Waals surface area contributed by atoms with Gasteiger partial charge in [0, 0.05) is 5.02 Å². The van der Waals surface area contributed by atoms with Crippen molar-refractivity contribution < 1.29 is 14.4 Å². The van der Waals surface area contributed by atoms with Gasteiger partial charge in [-0.2, -0.15) is 10.1 Å². The molecule has 1 fully saturated rings. The van der Waals surface area contributed by atoms with Crippen molar-refractivity contribution in [2.24, 2.45) is 11.0 Å². The molecule has 0 aliphatic carbocycles. The lowest BCUT2D eigenvalue weighted by Gasteiger charge is -2.29. The van der Waals surface area contributed by atoms with Crippen LogP contribution < -0.4 is 15.2 Å². The minimum absolute atomic E-state index is 0. The van der Waals surface area contributed by atoms with Crippen LogP contribution in [0.5, 0.6) is 0 Å². The van der Waals surface area contributed by atoms with Crippen molar-refractivity contribution >= 4 is 76.1 Å².